The van der Waals surface area contributed by atoms with Gasteiger partial charge >= 0.3 is 0 Å². The highest BCUT2D eigenvalue weighted by molar-refractivity contribution is 7.17. The molecule has 0 atom stereocenters. The average molecular weight is 187 g/mol. The van der Waals surface area contributed by atoms with Crippen LogP contribution in [-0.4, -0.2) is 0 Å². The fourth-order valence-corrected chi connectivity index (χ4v) is 2.49. The van der Waals surface area contributed by atoms with Crippen molar-refractivity contribution in [2.45, 2.75) is 13.8 Å². The maximum absolute atomic E-state index is 8.89. The van der Waals surface area contributed by atoms with Crippen molar-refractivity contribution in [2.75, 3.05) is 0 Å². The molecule has 0 spiro atoms. The van der Waals surface area contributed by atoms with Gasteiger partial charge in [-0.25, -0.2) is 0 Å². The molecule has 0 radical (unpaired) electrons. The van der Waals surface area contributed by atoms with Gasteiger partial charge in [0.25, 0.3) is 0 Å². The van der Waals surface area contributed by atoms with Crippen molar-refractivity contribution < 1.29 is 0 Å². The van der Waals surface area contributed by atoms with Crippen molar-refractivity contribution in [3.05, 3.63) is 34.2 Å². The Balaban J connectivity index is 2.95. The van der Waals surface area contributed by atoms with E-state index >= 15 is 0 Å². The Kier molecular flexibility index (Phi) is 1.82. The summed E-state index contributed by atoms with van der Waals surface area (Å²) < 4.78 is 1.30. The molecule has 1 nitrogen and oxygen atoms in total. The lowest BCUT2D eigenvalue weighted by molar-refractivity contribution is 1.40. The standard InChI is InChI=1S/C11H9NS/c1-7-5-9(6-12)8(2)10-3-4-13-11(7)10/h3-5H,1-2H3. The zero-order chi connectivity index (χ0) is 9.42. The molecule has 2 heteroatoms. The molecule has 64 valence electrons. The second-order valence-corrected chi connectivity index (χ2v) is 4.06. The van der Waals surface area contributed by atoms with Crippen LogP contribution >= 0.6 is 11.3 Å². The lowest BCUT2D eigenvalue weighted by atomic mass is 10.0. The smallest absolute Gasteiger partial charge is 0.0994 e. The summed E-state index contributed by atoms with van der Waals surface area (Å²) >= 11 is 1.74. The van der Waals surface area contributed by atoms with Crippen molar-refractivity contribution >= 4 is 21.4 Å². The van der Waals surface area contributed by atoms with Gasteiger partial charge in [-0.2, -0.15) is 5.26 Å². The van der Waals surface area contributed by atoms with Crippen LogP contribution in [0.25, 0.3) is 10.1 Å². The highest BCUT2D eigenvalue weighted by Crippen LogP contribution is 2.29. The largest absolute Gasteiger partial charge is 0.192 e. The molecule has 0 aliphatic rings. The summed E-state index contributed by atoms with van der Waals surface area (Å²) in [4.78, 5) is 0. The van der Waals surface area contributed by atoms with Gasteiger partial charge in [0.15, 0.2) is 0 Å². The van der Waals surface area contributed by atoms with Gasteiger partial charge in [-0.1, -0.05) is 0 Å². The van der Waals surface area contributed by atoms with Gasteiger partial charge in [-0.05, 0) is 47.9 Å². The van der Waals surface area contributed by atoms with Gasteiger partial charge in [0, 0.05) is 4.70 Å². The quantitative estimate of drug-likeness (QED) is 0.620. The predicted molar refractivity (Wildman–Crippen MR) is 56.0 cm³/mol. The fraction of sp³-hybridized carbons (Fsp3) is 0.182. The molecule has 0 saturated heterocycles. The molecule has 0 bridgehead atoms. The van der Waals surface area contributed by atoms with Crippen molar-refractivity contribution in [2.24, 2.45) is 0 Å². The first-order valence-corrected chi connectivity index (χ1v) is 4.99. The molecular formula is C11H9NS. The van der Waals surface area contributed by atoms with E-state index in [9.17, 15) is 0 Å². The Bertz CT molecular complexity index is 503. The number of nitriles is 1. The van der Waals surface area contributed by atoms with Crippen LogP contribution in [-0.2, 0) is 0 Å². The zero-order valence-corrected chi connectivity index (χ0v) is 8.40. The summed E-state index contributed by atoms with van der Waals surface area (Å²) in [6.07, 6.45) is 0. The number of nitrogens with zero attached hydrogens (tertiary/aromatic N) is 1. The minimum Gasteiger partial charge on any atom is -0.192 e. The Morgan fingerprint density at radius 3 is 2.85 bits per heavy atom. The molecule has 0 N–H and O–H groups in total. The SMILES string of the molecule is Cc1c(C#N)cc(C)c2sccc12. The van der Waals surface area contributed by atoms with Gasteiger partial charge in [-0.3, -0.25) is 0 Å². The van der Waals surface area contributed by atoms with E-state index in [1.165, 1.54) is 15.6 Å². The molecule has 1 aromatic heterocycles. The van der Waals surface area contributed by atoms with Gasteiger partial charge < -0.3 is 0 Å². The Morgan fingerprint density at radius 2 is 2.15 bits per heavy atom. The highest BCUT2D eigenvalue weighted by Gasteiger charge is 2.06. The van der Waals surface area contributed by atoms with Crippen LogP contribution in [0.3, 0.4) is 0 Å². The number of thiophene rings is 1. The topological polar surface area (TPSA) is 23.8 Å². The summed E-state index contributed by atoms with van der Waals surface area (Å²) in [7, 11) is 0. The van der Waals surface area contributed by atoms with Crippen molar-refractivity contribution in [3.8, 4) is 6.07 Å². The summed E-state index contributed by atoms with van der Waals surface area (Å²) in [5.74, 6) is 0. The second kappa shape index (κ2) is 2.86. The highest BCUT2D eigenvalue weighted by atomic mass is 32.1. The molecule has 0 saturated carbocycles. The summed E-state index contributed by atoms with van der Waals surface area (Å²) in [5, 5.41) is 12.2. The first-order chi connectivity index (χ1) is 6.24. The van der Waals surface area contributed by atoms with Crippen LogP contribution in [0.15, 0.2) is 17.5 Å². The van der Waals surface area contributed by atoms with Gasteiger partial charge in [0.05, 0.1) is 11.6 Å². The monoisotopic (exact) mass is 187 g/mol. The third-order valence-corrected chi connectivity index (χ3v) is 3.36. The van der Waals surface area contributed by atoms with Crippen LogP contribution < -0.4 is 0 Å². The van der Waals surface area contributed by atoms with E-state index < -0.39 is 0 Å². The fourth-order valence-electron chi connectivity index (χ4n) is 1.56. The second-order valence-electron chi connectivity index (χ2n) is 3.14. The average Bonchev–Trinajstić information content (AvgIpc) is 2.60. The van der Waals surface area contributed by atoms with Crippen molar-refractivity contribution in [1.29, 1.82) is 5.26 Å². The Hall–Kier alpha value is -1.33. The molecule has 0 fully saturated rings. The molecule has 0 aliphatic heterocycles. The number of benzene rings is 1. The van der Waals surface area contributed by atoms with Crippen LogP contribution in [0.1, 0.15) is 16.7 Å². The molecule has 1 aromatic carbocycles. The van der Waals surface area contributed by atoms with Gasteiger partial charge in [0.2, 0.25) is 0 Å². The number of hydrogen-bond acceptors (Lipinski definition) is 2. The lowest BCUT2D eigenvalue weighted by Gasteiger charge is -2.02. The molecule has 0 unspecified atom stereocenters. The number of fused-ring (bicyclic) bond motifs is 1. The van der Waals surface area contributed by atoms with E-state index in [4.69, 9.17) is 5.26 Å². The maximum Gasteiger partial charge on any atom is 0.0994 e. The minimum absolute atomic E-state index is 0.795. The molecule has 1 heterocycles. The molecule has 2 aromatic rings. The Morgan fingerprint density at radius 1 is 1.38 bits per heavy atom. The van der Waals surface area contributed by atoms with Crippen molar-refractivity contribution in [1.82, 2.24) is 0 Å². The number of aryl methyl sites for hydroxylation is 2. The van der Waals surface area contributed by atoms with Gasteiger partial charge in [0.1, 0.15) is 0 Å². The zero-order valence-electron chi connectivity index (χ0n) is 7.59. The van der Waals surface area contributed by atoms with E-state index in [0.29, 0.717) is 0 Å². The number of rotatable bonds is 0. The predicted octanol–water partition coefficient (Wildman–Crippen LogP) is 3.39. The normalized spacial score (nSPS) is 10.2. The molecule has 0 amide bonds. The maximum atomic E-state index is 8.89. The van der Waals surface area contributed by atoms with E-state index in [1.54, 1.807) is 11.3 Å². The Labute approximate surface area is 81.2 Å². The van der Waals surface area contributed by atoms with Crippen LogP contribution in [0.2, 0.25) is 0 Å². The first-order valence-electron chi connectivity index (χ1n) is 4.11. The van der Waals surface area contributed by atoms with Gasteiger partial charge in [-0.15, -0.1) is 11.3 Å². The third kappa shape index (κ3) is 1.13. The van der Waals surface area contributed by atoms with Crippen LogP contribution in [0.5, 0.6) is 0 Å². The van der Waals surface area contributed by atoms with Crippen LogP contribution in [0, 0.1) is 25.2 Å². The first kappa shape index (κ1) is 8.28. The van der Waals surface area contributed by atoms with E-state index in [2.05, 4.69) is 24.4 Å². The summed E-state index contributed by atoms with van der Waals surface area (Å²) in [5.41, 5.74) is 3.10. The van der Waals surface area contributed by atoms with E-state index in [1.807, 2.05) is 13.0 Å². The lowest BCUT2D eigenvalue weighted by Crippen LogP contribution is -1.84. The third-order valence-electron chi connectivity index (χ3n) is 2.31. The summed E-state index contributed by atoms with van der Waals surface area (Å²) in [6.45, 7) is 4.06. The molecule has 2 rings (SSSR count). The van der Waals surface area contributed by atoms with Crippen LogP contribution in [0.4, 0.5) is 0 Å². The van der Waals surface area contributed by atoms with E-state index in [0.717, 1.165) is 11.1 Å². The number of hydrogen-bond donors (Lipinski definition) is 0. The minimum atomic E-state index is 0.795. The van der Waals surface area contributed by atoms with E-state index in [-0.39, 0.29) is 0 Å². The molecular weight excluding hydrogens is 178 g/mol. The summed E-state index contributed by atoms with van der Waals surface area (Å²) in [6, 6.07) is 6.28. The molecule has 0 aliphatic carbocycles. The van der Waals surface area contributed by atoms with Crippen molar-refractivity contribution in [3.63, 3.8) is 0 Å². The molecule has 13 heavy (non-hydrogen) atoms.